The molecule has 0 aliphatic rings. The van der Waals surface area contributed by atoms with Crippen molar-refractivity contribution >= 4 is 11.6 Å². The summed E-state index contributed by atoms with van der Waals surface area (Å²) in [5.74, 6) is 0.722. The first-order chi connectivity index (χ1) is 8.15. The maximum Gasteiger partial charge on any atom is 0.144 e. The standard InChI is InChI=1S/C12H20ClN3O/c1-3-4-5-16(6-7-17)9-12-14-10(2)8-11(13)15-12/h8,17H,3-7,9H2,1-2H3. The van der Waals surface area contributed by atoms with Crippen molar-refractivity contribution < 1.29 is 5.11 Å². The van der Waals surface area contributed by atoms with Crippen LogP contribution in [0.1, 0.15) is 31.3 Å². The summed E-state index contributed by atoms with van der Waals surface area (Å²) >= 11 is 5.90. The molecule has 0 aromatic carbocycles. The van der Waals surface area contributed by atoms with E-state index in [4.69, 9.17) is 16.7 Å². The summed E-state index contributed by atoms with van der Waals surface area (Å²) in [6.07, 6.45) is 2.25. The third-order valence-corrected chi connectivity index (χ3v) is 2.67. The number of aryl methyl sites for hydroxylation is 1. The lowest BCUT2D eigenvalue weighted by Gasteiger charge is -2.20. The third-order valence-electron chi connectivity index (χ3n) is 2.48. The summed E-state index contributed by atoms with van der Waals surface area (Å²) in [6, 6.07) is 1.74. The van der Waals surface area contributed by atoms with Crippen molar-refractivity contribution in [3.8, 4) is 0 Å². The first-order valence-electron chi connectivity index (χ1n) is 5.99. The van der Waals surface area contributed by atoms with Crippen LogP contribution in [0.4, 0.5) is 0 Å². The van der Waals surface area contributed by atoms with E-state index in [1.54, 1.807) is 6.07 Å². The fourth-order valence-corrected chi connectivity index (χ4v) is 1.91. The lowest BCUT2D eigenvalue weighted by atomic mass is 10.3. The average Bonchev–Trinajstić information content (AvgIpc) is 2.24. The molecule has 1 N–H and O–H groups in total. The molecule has 1 aromatic rings. The Hall–Kier alpha value is -0.710. The summed E-state index contributed by atoms with van der Waals surface area (Å²) in [5, 5.41) is 9.49. The van der Waals surface area contributed by atoms with Crippen LogP contribution in [0.2, 0.25) is 5.15 Å². The Labute approximate surface area is 108 Å². The lowest BCUT2D eigenvalue weighted by Crippen LogP contribution is -2.28. The topological polar surface area (TPSA) is 49.2 Å². The van der Waals surface area contributed by atoms with Gasteiger partial charge in [-0.2, -0.15) is 0 Å². The number of hydrogen-bond donors (Lipinski definition) is 1. The number of aliphatic hydroxyl groups excluding tert-OH is 1. The number of unbranched alkanes of at least 4 members (excludes halogenated alkanes) is 1. The zero-order valence-electron chi connectivity index (χ0n) is 10.5. The van der Waals surface area contributed by atoms with Gasteiger partial charge in [-0.05, 0) is 26.0 Å². The van der Waals surface area contributed by atoms with Crippen molar-refractivity contribution in [1.82, 2.24) is 14.9 Å². The van der Waals surface area contributed by atoms with Crippen LogP contribution in [-0.4, -0.2) is 39.7 Å². The molecule has 0 aliphatic heterocycles. The second kappa shape index (κ2) is 7.58. The van der Waals surface area contributed by atoms with E-state index in [2.05, 4.69) is 21.8 Å². The minimum Gasteiger partial charge on any atom is -0.395 e. The minimum absolute atomic E-state index is 0.156. The van der Waals surface area contributed by atoms with Gasteiger partial charge < -0.3 is 5.11 Å². The van der Waals surface area contributed by atoms with Crippen LogP contribution in [0.25, 0.3) is 0 Å². The van der Waals surface area contributed by atoms with Crippen LogP contribution in [0, 0.1) is 6.92 Å². The first kappa shape index (κ1) is 14.4. The summed E-state index contributed by atoms with van der Waals surface area (Å²) in [6.45, 7) is 6.45. The predicted molar refractivity (Wildman–Crippen MR) is 69.0 cm³/mol. The molecule has 0 spiro atoms. The van der Waals surface area contributed by atoms with Gasteiger partial charge >= 0.3 is 0 Å². The summed E-state index contributed by atoms with van der Waals surface area (Å²) in [4.78, 5) is 10.7. The van der Waals surface area contributed by atoms with E-state index >= 15 is 0 Å². The Balaban J connectivity index is 2.63. The van der Waals surface area contributed by atoms with Crippen LogP contribution >= 0.6 is 11.6 Å². The van der Waals surface area contributed by atoms with Crippen LogP contribution < -0.4 is 0 Å². The van der Waals surface area contributed by atoms with Gasteiger partial charge in [0.2, 0.25) is 0 Å². The van der Waals surface area contributed by atoms with Crippen LogP contribution in [0.3, 0.4) is 0 Å². The minimum atomic E-state index is 0.156. The zero-order valence-corrected chi connectivity index (χ0v) is 11.2. The van der Waals surface area contributed by atoms with Gasteiger partial charge in [0.05, 0.1) is 13.2 Å². The molecular weight excluding hydrogens is 238 g/mol. The van der Waals surface area contributed by atoms with E-state index in [-0.39, 0.29) is 6.61 Å². The monoisotopic (exact) mass is 257 g/mol. The van der Waals surface area contributed by atoms with E-state index in [0.717, 1.165) is 30.9 Å². The summed E-state index contributed by atoms with van der Waals surface area (Å²) < 4.78 is 0. The van der Waals surface area contributed by atoms with Crippen molar-refractivity contribution in [3.63, 3.8) is 0 Å². The molecule has 0 aliphatic carbocycles. The number of aliphatic hydroxyl groups is 1. The quantitative estimate of drug-likeness (QED) is 0.760. The molecule has 0 saturated heterocycles. The Kier molecular flexibility index (Phi) is 6.40. The highest BCUT2D eigenvalue weighted by atomic mass is 35.5. The normalized spacial score (nSPS) is 11.1. The van der Waals surface area contributed by atoms with Crippen molar-refractivity contribution in [3.05, 3.63) is 22.7 Å². The predicted octanol–water partition coefficient (Wildman–Crippen LogP) is 2.03. The fourth-order valence-electron chi connectivity index (χ4n) is 1.65. The molecule has 4 nitrogen and oxygen atoms in total. The SMILES string of the molecule is CCCCN(CCO)Cc1nc(C)cc(Cl)n1. The molecule has 0 radical (unpaired) electrons. The number of hydrogen-bond acceptors (Lipinski definition) is 4. The Morgan fingerprint density at radius 3 is 2.71 bits per heavy atom. The molecule has 0 atom stereocenters. The van der Waals surface area contributed by atoms with Gasteiger partial charge in [0.15, 0.2) is 0 Å². The Bertz CT molecular complexity index is 326. The van der Waals surface area contributed by atoms with Gasteiger partial charge in [-0.3, -0.25) is 4.90 Å². The first-order valence-corrected chi connectivity index (χ1v) is 6.36. The molecule has 17 heavy (non-hydrogen) atoms. The van der Waals surface area contributed by atoms with Crippen LogP contribution in [0.15, 0.2) is 6.07 Å². The van der Waals surface area contributed by atoms with Gasteiger partial charge in [-0.15, -0.1) is 0 Å². The maximum absolute atomic E-state index is 9.01. The molecule has 0 amide bonds. The number of rotatable bonds is 7. The maximum atomic E-state index is 9.01. The van der Waals surface area contributed by atoms with E-state index in [0.29, 0.717) is 18.2 Å². The highest BCUT2D eigenvalue weighted by Crippen LogP contribution is 2.08. The highest BCUT2D eigenvalue weighted by molar-refractivity contribution is 6.29. The molecule has 1 rings (SSSR count). The molecule has 0 unspecified atom stereocenters. The molecule has 1 aromatic heterocycles. The zero-order chi connectivity index (χ0) is 12.7. The van der Waals surface area contributed by atoms with Gasteiger partial charge in [0.25, 0.3) is 0 Å². The van der Waals surface area contributed by atoms with Gasteiger partial charge in [-0.1, -0.05) is 24.9 Å². The van der Waals surface area contributed by atoms with Crippen molar-refractivity contribution in [2.45, 2.75) is 33.2 Å². The van der Waals surface area contributed by atoms with Crippen molar-refractivity contribution in [2.24, 2.45) is 0 Å². The van der Waals surface area contributed by atoms with E-state index in [1.807, 2.05) is 6.92 Å². The second-order valence-corrected chi connectivity index (χ2v) is 4.49. The fraction of sp³-hybridized carbons (Fsp3) is 0.667. The summed E-state index contributed by atoms with van der Waals surface area (Å²) in [7, 11) is 0. The smallest absolute Gasteiger partial charge is 0.144 e. The Morgan fingerprint density at radius 2 is 2.12 bits per heavy atom. The van der Waals surface area contributed by atoms with Crippen LogP contribution in [-0.2, 0) is 6.54 Å². The van der Waals surface area contributed by atoms with Gasteiger partial charge in [-0.25, -0.2) is 9.97 Å². The van der Waals surface area contributed by atoms with E-state index in [1.165, 1.54) is 0 Å². The number of halogens is 1. The number of aromatic nitrogens is 2. The van der Waals surface area contributed by atoms with Crippen molar-refractivity contribution in [1.29, 1.82) is 0 Å². The van der Waals surface area contributed by atoms with Crippen LogP contribution in [0.5, 0.6) is 0 Å². The molecule has 0 bridgehead atoms. The highest BCUT2D eigenvalue weighted by Gasteiger charge is 2.08. The number of nitrogens with zero attached hydrogens (tertiary/aromatic N) is 3. The van der Waals surface area contributed by atoms with Crippen molar-refractivity contribution in [2.75, 3.05) is 19.7 Å². The molecule has 1 heterocycles. The van der Waals surface area contributed by atoms with E-state index in [9.17, 15) is 0 Å². The third kappa shape index (κ3) is 5.44. The molecule has 0 saturated carbocycles. The molecular formula is C12H20ClN3O. The molecule has 0 fully saturated rings. The molecule has 96 valence electrons. The second-order valence-electron chi connectivity index (χ2n) is 4.10. The average molecular weight is 258 g/mol. The largest absolute Gasteiger partial charge is 0.395 e. The Morgan fingerprint density at radius 1 is 1.35 bits per heavy atom. The summed E-state index contributed by atoms with van der Waals surface area (Å²) in [5.41, 5.74) is 0.874. The van der Waals surface area contributed by atoms with Gasteiger partial charge in [0.1, 0.15) is 11.0 Å². The lowest BCUT2D eigenvalue weighted by molar-refractivity contribution is 0.185. The van der Waals surface area contributed by atoms with E-state index < -0.39 is 0 Å². The molecule has 5 heteroatoms. The van der Waals surface area contributed by atoms with Gasteiger partial charge in [0, 0.05) is 12.2 Å².